The highest BCUT2D eigenvalue weighted by molar-refractivity contribution is 5.81. The van der Waals surface area contributed by atoms with Gasteiger partial charge in [0.2, 0.25) is 0 Å². The number of amides is 1. The Balaban J connectivity index is 1.79. The Bertz CT molecular complexity index is 816. The second kappa shape index (κ2) is 8.35. The summed E-state index contributed by atoms with van der Waals surface area (Å²) in [6, 6.07) is 10.6. The molecule has 1 heterocycles. The highest BCUT2D eigenvalue weighted by Gasteiger charge is 2.33. The van der Waals surface area contributed by atoms with Crippen LogP contribution in [0.4, 0.5) is 8.78 Å². The number of hydrogen-bond acceptors (Lipinski definition) is 4. The number of rotatable bonds is 5. The zero-order valence-corrected chi connectivity index (χ0v) is 15.2. The zero-order valence-electron chi connectivity index (χ0n) is 15.2. The molecule has 27 heavy (non-hydrogen) atoms. The molecule has 1 aliphatic heterocycles. The fourth-order valence-corrected chi connectivity index (χ4v) is 3.23. The molecule has 0 aromatic heterocycles. The number of carbonyl (C=O) groups is 1. The molecule has 0 aliphatic carbocycles. The molecule has 144 valence electrons. The largest absolute Gasteiger partial charge is 0.496 e. The van der Waals surface area contributed by atoms with Crippen LogP contribution in [0.3, 0.4) is 0 Å². The van der Waals surface area contributed by atoms with Crippen molar-refractivity contribution in [2.45, 2.75) is 19.1 Å². The number of halogens is 2. The van der Waals surface area contributed by atoms with Gasteiger partial charge in [-0.05, 0) is 25.1 Å². The van der Waals surface area contributed by atoms with E-state index in [4.69, 9.17) is 9.47 Å². The number of ether oxygens (including phenoxy) is 2. The molecular weight excluding hydrogens is 354 g/mol. The zero-order chi connectivity index (χ0) is 19.4. The maximum atomic E-state index is 13.4. The summed E-state index contributed by atoms with van der Waals surface area (Å²) in [5.74, 6) is -1.38. The van der Waals surface area contributed by atoms with Crippen LogP contribution in [0.25, 0.3) is 0 Å². The SMILES string of the molecule is COc1ccccc1C1CNCCN1C(=O)C(C)Oc1ccc(F)c(F)c1. The van der Waals surface area contributed by atoms with Gasteiger partial charge < -0.3 is 19.7 Å². The average Bonchev–Trinajstić information content (AvgIpc) is 2.70. The van der Waals surface area contributed by atoms with Crippen LogP contribution in [0, 0.1) is 11.6 Å². The normalized spacial score (nSPS) is 18.1. The van der Waals surface area contributed by atoms with Gasteiger partial charge in [0.05, 0.1) is 13.2 Å². The Morgan fingerprint density at radius 3 is 2.74 bits per heavy atom. The molecule has 1 fully saturated rings. The van der Waals surface area contributed by atoms with E-state index in [0.29, 0.717) is 25.4 Å². The van der Waals surface area contributed by atoms with Crippen molar-refractivity contribution in [3.8, 4) is 11.5 Å². The van der Waals surface area contributed by atoms with Gasteiger partial charge in [-0.2, -0.15) is 0 Å². The van der Waals surface area contributed by atoms with Gasteiger partial charge in [-0.1, -0.05) is 18.2 Å². The molecule has 2 aromatic rings. The molecule has 1 amide bonds. The molecule has 0 saturated carbocycles. The van der Waals surface area contributed by atoms with Gasteiger partial charge in [0.1, 0.15) is 11.5 Å². The number of methoxy groups -OCH3 is 1. The van der Waals surface area contributed by atoms with Crippen molar-refractivity contribution in [3.63, 3.8) is 0 Å². The van der Waals surface area contributed by atoms with Crippen LogP contribution in [0.5, 0.6) is 11.5 Å². The third-order valence-electron chi connectivity index (χ3n) is 4.58. The molecule has 0 bridgehead atoms. The molecule has 7 heteroatoms. The van der Waals surface area contributed by atoms with E-state index >= 15 is 0 Å². The van der Waals surface area contributed by atoms with Crippen LogP contribution >= 0.6 is 0 Å². The number of carbonyl (C=O) groups excluding carboxylic acids is 1. The first kappa shape index (κ1) is 19.1. The number of piperazine rings is 1. The Morgan fingerprint density at radius 2 is 2.00 bits per heavy atom. The van der Waals surface area contributed by atoms with Crippen molar-refractivity contribution in [3.05, 3.63) is 59.7 Å². The first-order valence-corrected chi connectivity index (χ1v) is 8.77. The third kappa shape index (κ3) is 4.19. The van der Waals surface area contributed by atoms with E-state index in [1.165, 1.54) is 6.07 Å². The monoisotopic (exact) mass is 376 g/mol. The van der Waals surface area contributed by atoms with Crippen molar-refractivity contribution in [1.82, 2.24) is 10.2 Å². The maximum absolute atomic E-state index is 13.4. The molecule has 2 aromatic carbocycles. The lowest BCUT2D eigenvalue weighted by atomic mass is 10.0. The van der Waals surface area contributed by atoms with Gasteiger partial charge in [0.15, 0.2) is 17.7 Å². The van der Waals surface area contributed by atoms with Crippen molar-refractivity contribution in [2.75, 3.05) is 26.7 Å². The fourth-order valence-electron chi connectivity index (χ4n) is 3.23. The van der Waals surface area contributed by atoms with E-state index in [0.717, 1.165) is 17.7 Å². The summed E-state index contributed by atoms with van der Waals surface area (Å²) in [6.45, 7) is 3.36. The highest BCUT2D eigenvalue weighted by atomic mass is 19.2. The summed E-state index contributed by atoms with van der Waals surface area (Å²) in [5, 5.41) is 3.29. The van der Waals surface area contributed by atoms with E-state index in [2.05, 4.69) is 5.32 Å². The van der Waals surface area contributed by atoms with Gasteiger partial charge in [-0.15, -0.1) is 0 Å². The van der Waals surface area contributed by atoms with Crippen LogP contribution in [-0.2, 0) is 4.79 Å². The molecule has 1 N–H and O–H groups in total. The maximum Gasteiger partial charge on any atom is 0.263 e. The van der Waals surface area contributed by atoms with E-state index < -0.39 is 17.7 Å². The molecule has 0 spiro atoms. The second-order valence-corrected chi connectivity index (χ2v) is 6.33. The number of benzene rings is 2. The quantitative estimate of drug-likeness (QED) is 0.872. The van der Waals surface area contributed by atoms with E-state index in [-0.39, 0.29) is 17.7 Å². The van der Waals surface area contributed by atoms with Gasteiger partial charge in [-0.25, -0.2) is 8.78 Å². The Hall–Kier alpha value is -2.67. The first-order valence-electron chi connectivity index (χ1n) is 8.77. The van der Waals surface area contributed by atoms with Crippen molar-refractivity contribution in [1.29, 1.82) is 0 Å². The van der Waals surface area contributed by atoms with Gasteiger partial charge in [-0.3, -0.25) is 4.79 Å². The molecule has 5 nitrogen and oxygen atoms in total. The standard InChI is InChI=1S/C20H22F2N2O3/c1-13(27-14-7-8-16(21)17(22)11-14)20(25)24-10-9-23-12-18(24)15-5-3-4-6-19(15)26-2/h3-8,11,13,18,23H,9-10,12H2,1-2H3. The summed E-state index contributed by atoms with van der Waals surface area (Å²) < 4.78 is 37.4. The van der Waals surface area contributed by atoms with Crippen LogP contribution in [0.2, 0.25) is 0 Å². The van der Waals surface area contributed by atoms with Crippen molar-refractivity contribution in [2.24, 2.45) is 0 Å². The molecule has 1 aliphatic rings. The Morgan fingerprint density at radius 1 is 1.22 bits per heavy atom. The molecule has 3 rings (SSSR count). The van der Waals surface area contributed by atoms with Crippen molar-refractivity contribution >= 4 is 5.91 Å². The minimum Gasteiger partial charge on any atom is -0.496 e. The Kier molecular flexibility index (Phi) is 5.91. The molecular formula is C20H22F2N2O3. The van der Waals surface area contributed by atoms with E-state index in [1.54, 1.807) is 18.9 Å². The third-order valence-corrected chi connectivity index (χ3v) is 4.58. The summed E-state index contributed by atoms with van der Waals surface area (Å²) in [7, 11) is 1.59. The molecule has 2 unspecified atom stereocenters. The molecule has 0 radical (unpaired) electrons. The summed E-state index contributed by atoms with van der Waals surface area (Å²) in [6.07, 6.45) is -0.842. The highest BCUT2D eigenvalue weighted by Crippen LogP contribution is 2.31. The minimum atomic E-state index is -1.01. The smallest absolute Gasteiger partial charge is 0.263 e. The number of hydrogen-bond donors (Lipinski definition) is 1. The fraction of sp³-hybridized carbons (Fsp3) is 0.350. The number of nitrogens with zero attached hydrogens (tertiary/aromatic N) is 1. The van der Waals surface area contributed by atoms with Gasteiger partial charge in [0, 0.05) is 31.3 Å². The van der Waals surface area contributed by atoms with Gasteiger partial charge in [0.25, 0.3) is 5.91 Å². The molecule has 2 atom stereocenters. The lowest BCUT2D eigenvalue weighted by Crippen LogP contribution is -2.52. The summed E-state index contributed by atoms with van der Waals surface area (Å²) in [4.78, 5) is 14.7. The van der Waals surface area contributed by atoms with Crippen LogP contribution in [0.15, 0.2) is 42.5 Å². The lowest BCUT2D eigenvalue weighted by Gasteiger charge is -2.38. The van der Waals surface area contributed by atoms with E-state index in [9.17, 15) is 13.6 Å². The first-order chi connectivity index (χ1) is 13.0. The predicted octanol–water partition coefficient (Wildman–Crippen LogP) is 2.91. The molecule has 1 saturated heterocycles. The number of para-hydroxylation sites is 1. The summed E-state index contributed by atoms with van der Waals surface area (Å²) in [5.41, 5.74) is 0.903. The topological polar surface area (TPSA) is 50.8 Å². The van der Waals surface area contributed by atoms with E-state index in [1.807, 2.05) is 24.3 Å². The van der Waals surface area contributed by atoms with Crippen molar-refractivity contribution < 1.29 is 23.0 Å². The average molecular weight is 376 g/mol. The summed E-state index contributed by atoms with van der Waals surface area (Å²) >= 11 is 0. The van der Waals surface area contributed by atoms with Gasteiger partial charge >= 0.3 is 0 Å². The number of nitrogens with one attached hydrogen (secondary N) is 1. The van der Waals surface area contributed by atoms with Crippen LogP contribution in [-0.4, -0.2) is 43.7 Å². The van der Waals surface area contributed by atoms with Crippen LogP contribution < -0.4 is 14.8 Å². The lowest BCUT2D eigenvalue weighted by molar-refractivity contribution is -0.141. The Labute approximate surface area is 156 Å². The second-order valence-electron chi connectivity index (χ2n) is 6.33. The predicted molar refractivity (Wildman–Crippen MR) is 96.8 cm³/mol. The minimum absolute atomic E-state index is 0.110. The van der Waals surface area contributed by atoms with Crippen LogP contribution in [0.1, 0.15) is 18.5 Å².